The first-order valence-corrected chi connectivity index (χ1v) is 29.0. The zero-order valence-electron chi connectivity index (χ0n) is 50.2. The number of aliphatic hydroxyl groups is 2. The Bertz CT molecular complexity index is 2880. The lowest BCUT2D eigenvalue weighted by Crippen LogP contribution is -2.61. The number of carboxylic acids is 1. The third kappa shape index (κ3) is 29.9. The van der Waals surface area contributed by atoms with E-state index < -0.39 is 182 Å². The van der Waals surface area contributed by atoms with Crippen LogP contribution in [0.3, 0.4) is 0 Å². The molecule has 0 saturated carbocycles. The molecule has 502 valence electrons. The third-order valence-corrected chi connectivity index (χ3v) is 13.3. The summed E-state index contributed by atoms with van der Waals surface area (Å²) in [6.07, 6.45) is -2.13. The molecular weight excluding hydrogens is 1220 g/mol. The van der Waals surface area contributed by atoms with Crippen LogP contribution in [0.25, 0.3) is 0 Å². The van der Waals surface area contributed by atoms with Crippen LogP contribution < -0.4 is 87.2 Å². The van der Waals surface area contributed by atoms with Crippen LogP contribution >= 0.6 is 12.6 Å². The molecule has 25 N–H and O–H groups in total. The van der Waals surface area contributed by atoms with Gasteiger partial charge in [-0.1, -0.05) is 56.3 Å². The number of aromatic hydroxyl groups is 1. The predicted molar refractivity (Wildman–Crippen MR) is 326 cm³/mol. The van der Waals surface area contributed by atoms with Crippen LogP contribution in [0.15, 0.2) is 59.6 Å². The number of rotatable bonds is 41. The Hall–Kier alpha value is -9.68. The smallest absolute Gasteiger partial charge is 0.326 e. The number of hydrogen-bond acceptors (Lipinski definition) is 20. The highest BCUT2D eigenvalue weighted by Crippen LogP contribution is 2.13. The number of guanidine groups is 1. The topological polar surface area (TPSA) is 595 Å². The van der Waals surface area contributed by atoms with Crippen LogP contribution in [0.4, 0.5) is 0 Å². The number of carbonyl (C=O) groups excluding carboxylic acids is 13. The highest BCUT2D eigenvalue weighted by atomic mass is 32.1. The number of carbonyl (C=O) groups is 14. The number of benzene rings is 2. The van der Waals surface area contributed by atoms with Crippen molar-refractivity contribution in [1.29, 1.82) is 0 Å². The molecule has 2 rings (SSSR count). The first-order chi connectivity index (χ1) is 42.9. The van der Waals surface area contributed by atoms with E-state index in [1.165, 1.54) is 31.2 Å². The average molecular weight is 1300 g/mol. The molecule has 0 heterocycles. The Labute approximate surface area is 527 Å². The van der Waals surface area contributed by atoms with Gasteiger partial charge in [0.05, 0.1) is 38.8 Å². The summed E-state index contributed by atoms with van der Waals surface area (Å²) in [6, 6.07) is -1.75. The molecule has 2 aromatic rings. The summed E-state index contributed by atoms with van der Waals surface area (Å²) < 4.78 is 0. The highest BCUT2D eigenvalue weighted by molar-refractivity contribution is 7.80. The fraction of sp³-hybridized carbons (Fsp3) is 0.509. The van der Waals surface area contributed by atoms with Gasteiger partial charge in [-0.05, 0) is 61.8 Å². The molecule has 0 fully saturated rings. The molecule has 0 unspecified atom stereocenters. The van der Waals surface area contributed by atoms with Gasteiger partial charge in [-0.25, -0.2) is 4.79 Å². The summed E-state index contributed by atoms with van der Waals surface area (Å²) in [5, 5.41) is 65.4. The summed E-state index contributed by atoms with van der Waals surface area (Å²) >= 11 is 4.10. The molecule has 0 spiro atoms. The SMILES string of the molecule is CC(C)C[C@H](NC(=O)CNC(=O)[C@H](CO)NC(=O)[C@H](CCC(N)=O)NC(=O)[C@H](C)N)C(=O)NCC(=O)N[C@@H](CS)C(=O)N[C@@H](CC(N)=O)C(=O)N[C@@H](CO)C(=O)N[C@@H](Cc1ccccc1)C(=O)N[C@@H](CCCN=C(N)N)C(=O)N[C@@H](Cc1ccc(O)cc1)C(=O)O. The maximum atomic E-state index is 14.2. The number of aliphatic imine (C=N–C) groups is 1. The second-order valence-electron chi connectivity index (χ2n) is 21.1. The van der Waals surface area contributed by atoms with E-state index in [-0.39, 0.29) is 69.1 Å². The number of nitrogens with zero attached hydrogens (tertiary/aromatic N) is 1. The van der Waals surface area contributed by atoms with E-state index in [4.69, 9.17) is 28.7 Å². The van der Waals surface area contributed by atoms with Crippen LogP contribution in [-0.4, -0.2) is 208 Å². The van der Waals surface area contributed by atoms with Crippen LogP contribution in [0.2, 0.25) is 0 Å². The molecule has 0 aromatic heterocycles. The summed E-state index contributed by atoms with van der Waals surface area (Å²) in [5.41, 5.74) is 27.9. The molecule has 2 aromatic carbocycles. The van der Waals surface area contributed by atoms with Gasteiger partial charge in [-0.2, -0.15) is 12.6 Å². The zero-order chi connectivity index (χ0) is 68.5. The molecule has 0 bridgehead atoms. The average Bonchev–Trinajstić information content (AvgIpc) is 1.23. The molecule has 10 atom stereocenters. The minimum atomic E-state index is -1.91. The van der Waals surface area contributed by atoms with E-state index >= 15 is 0 Å². The Morgan fingerprint density at radius 1 is 0.495 bits per heavy atom. The fourth-order valence-electron chi connectivity index (χ4n) is 8.16. The monoisotopic (exact) mass is 1300 g/mol. The molecule has 0 aliphatic heterocycles. The maximum absolute atomic E-state index is 14.2. The second kappa shape index (κ2) is 40.1. The molecule has 0 aliphatic carbocycles. The highest BCUT2D eigenvalue weighted by Gasteiger charge is 2.35. The summed E-state index contributed by atoms with van der Waals surface area (Å²) in [6.45, 7) is 0.964. The number of primary amides is 2. The molecule has 0 radical (unpaired) electrons. The van der Waals surface area contributed by atoms with Crippen LogP contribution in [-0.2, 0) is 80.0 Å². The van der Waals surface area contributed by atoms with Gasteiger partial charge in [0, 0.05) is 31.6 Å². The van der Waals surface area contributed by atoms with E-state index in [2.05, 4.69) is 76.1 Å². The lowest BCUT2D eigenvalue weighted by molar-refractivity contribution is -0.142. The van der Waals surface area contributed by atoms with Gasteiger partial charge in [-0.15, -0.1) is 0 Å². The number of nitrogens with two attached hydrogens (primary N) is 5. The van der Waals surface area contributed by atoms with Crippen LogP contribution in [0.5, 0.6) is 5.75 Å². The number of aliphatic hydroxyl groups excluding tert-OH is 2. The van der Waals surface area contributed by atoms with Crippen LogP contribution in [0.1, 0.15) is 70.4 Å². The molecule has 91 heavy (non-hydrogen) atoms. The minimum absolute atomic E-state index is 0.0109. The predicted octanol–water partition coefficient (Wildman–Crippen LogP) is -8.64. The number of carboxylic acid groups (broad SMARTS) is 1. The standard InChI is InChI=1S/C55H83N17O18S/c1-27(2)18-34(64-43(78)22-63-47(82)38(24-73)71-49(84)33(15-16-41(57)76)66-45(80)28(3)56)46(81)62-23-44(79)65-40(26-91)53(88)69-36(21-42(58)77)51(86)72-39(25-74)52(87)68-35(19-29-8-5-4-6-9-29)50(85)67-32(10-7-17-61-55(59)60)48(83)70-37(54(89)90)20-30-11-13-31(75)14-12-30/h4-6,8-9,11-14,27-28,32-40,73-75,91H,7,10,15-26,56H2,1-3H3,(H2,57,76)(H2,58,77)(H,62,81)(H,63,82)(H,64,78)(H,65,79)(H,66,80)(H,67,85)(H,68,87)(H,69,88)(H,70,83)(H,71,84)(H,72,86)(H,89,90)(H4,59,60,61)/t28-,32-,33-,34-,35-,36-,37-,38-,39-,40-/m0/s1. The number of phenols is 1. The van der Waals surface area contributed by atoms with E-state index in [9.17, 15) is 87.5 Å². The van der Waals surface area contributed by atoms with Gasteiger partial charge < -0.3 is 108 Å². The van der Waals surface area contributed by atoms with Gasteiger partial charge in [-0.3, -0.25) is 67.3 Å². The number of nitrogens with one attached hydrogen (secondary N) is 11. The Morgan fingerprint density at radius 3 is 1.43 bits per heavy atom. The van der Waals surface area contributed by atoms with Crippen molar-refractivity contribution in [1.82, 2.24) is 58.5 Å². The first kappa shape index (κ1) is 77.4. The second-order valence-corrected chi connectivity index (χ2v) is 21.5. The first-order valence-electron chi connectivity index (χ1n) is 28.4. The van der Waals surface area contributed by atoms with Crippen molar-refractivity contribution in [3.05, 3.63) is 65.7 Å². The van der Waals surface area contributed by atoms with E-state index in [1.54, 1.807) is 44.2 Å². The van der Waals surface area contributed by atoms with Gasteiger partial charge in [0.2, 0.25) is 76.8 Å². The Balaban J connectivity index is 2.20. The number of hydrogen-bond donors (Lipinski definition) is 21. The molecular formula is C55H83N17O18S. The normalized spacial score (nSPS) is 14.2. The summed E-state index contributed by atoms with van der Waals surface area (Å²) in [4.78, 5) is 187. The molecule has 0 aliphatic rings. The van der Waals surface area contributed by atoms with E-state index in [0.717, 1.165) is 0 Å². The molecule has 0 saturated heterocycles. The van der Waals surface area contributed by atoms with Gasteiger partial charge in [0.25, 0.3) is 0 Å². The minimum Gasteiger partial charge on any atom is -0.508 e. The van der Waals surface area contributed by atoms with Gasteiger partial charge in [0.15, 0.2) is 5.96 Å². The number of aliphatic carboxylic acids is 1. The fourth-order valence-corrected chi connectivity index (χ4v) is 8.42. The summed E-state index contributed by atoms with van der Waals surface area (Å²) in [5.74, 6) is -15.7. The quantitative estimate of drug-likeness (QED) is 0.0127. The largest absolute Gasteiger partial charge is 0.508 e. The molecule has 36 heteroatoms. The van der Waals surface area contributed by atoms with Crippen molar-refractivity contribution >= 4 is 101 Å². The third-order valence-electron chi connectivity index (χ3n) is 12.9. The number of amides is 13. The van der Waals surface area contributed by atoms with Gasteiger partial charge in [0.1, 0.15) is 60.1 Å². The Kier molecular flexibility index (Phi) is 34.1. The molecule has 13 amide bonds. The van der Waals surface area contributed by atoms with Crippen LogP contribution in [0, 0.1) is 5.92 Å². The molecule has 35 nitrogen and oxygen atoms in total. The van der Waals surface area contributed by atoms with Crippen molar-refractivity contribution in [3.63, 3.8) is 0 Å². The number of thiol groups is 1. The maximum Gasteiger partial charge on any atom is 0.326 e. The van der Waals surface area contributed by atoms with Crippen molar-refractivity contribution in [2.75, 3.05) is 38.6 Å². The van der Waals surface area contributed by atoms with Crippen molar-refractivity contribution in [2.45, 2.75) is 133 Å². The zero-order valence-corrected chi connectivity index (χ0v) is 51.1. The van der Waals surface area contributed by atoms with Crippen molar-refractivity contribution < 1.29 is 87.5 Å². The van der Waals surface area contributed by atoms with Gasteiger partial charge >= 0.3 is 5.97 Å². The van der Waals surface area contributed by atoms with E-state index in [1.807, 2.05) is 0 Å². The number of phenolic OH excluding ortho intramolecular Hbond substituents is 1. The van der Waals surface area contributed by atoms with Crippen molar-refractivity contribution in [3.8, 4) is 5.75 Å². The lowest BCUT2D eigenvalue weighted by Gasteiger charge is -2.27. The summed E-state index contributed by atoms with van der Waals surface area (Å²) in [7, 11) is 0. The van der Waals surface area contributed by atoms with Crippen molar-refractivity contribution in [2.24, 2.45) is 39.6 Å². The lowest BCUT2D eigenvalue weighted by atomic mass is 10.0. The Morgan fingerprint density at radius 2 is 0.923 bits per heavy atom. The van der Waals surface area contributed by atoms with E-state index in [0.29, 0.717) is 11.1 Å².